The Balaban J connectivity index is 1.69. The van der Waals surface area contributed by atoms with Crippen LogP contribution in [0.4, 0.5) is 18.9 Å². The molecule has 0 saturated heterocycles. The van der Waals surface area contributed by atoms with Gasteiger partial charge in [0.05, 0.1) is 10.6 Å². The molecule has 0 atom stereocenters. The summed E-state index contributed by atoms with van der Waals surface area (Å²) in [5, 5.41) is 15.5. The maximum Gasteiger partial charge on any atom is 0.248 e. The molecule has 3 aromatic rings. The van der Waals surface area contributed by atoms with Crippen LogP contribution in [0, 0.1) is 17.5 Å². The molecule has 1 N–H and O–H groups in total. The molecule has 0 saturated carbocycles. The summed E-state index contributed by atoms with van der Waals surface area (Å²) in [6.45, 7) is -0.350. The molecule has 0 aliphatic carbocycles. The summed E-state index contributed by atoms with van der Waals surface area (Å²) < 4.78 is 39.4. The maximum absolute atomic E-state index is 13.5. The van der Waals surface area contributed by atoms with Gasteiger partial charge in [-0.1, -0.05) is 6.07 Å². The number of anilines is 1. The van der Waals surface area contributed by atoms with Gasteiger partial charge in [-0.3, -0.25) is 4.79 Å². The number of carbonyl (C=O) groups excluding carboxylic acids is 1. The number of hydrogen-bond acceptors (Lipinski definition) is 5. The van der Waals surface area contributed by atoms with Crippen molar-refractivity contribution in [2.75, 3.05) is 5.32 Å². The molecular weight excluding hydrogens is 331 g/mol. The molecule has 10 heteroatoms. The van der Waals surface area contributed by atoms with Crippen LogP contribution in [0.1, 0.15) is 0 Å². The molecule has 0 aliphatic rings. The van der Waals surface area contributed by atoms with Gasteiger partial charge < -0.3 is 5.32 Å². The fourth-order valence-corrected chi connectivity index (χ4v) is 2.40. The topological polar surface area (TPSA) is 72.7 Å². The van der Waals surface area contributed by atoms with E-state index in [2.05, 4.69) is 20.7 Å². The van der Waals surface area contributed by atoms with Crippen molar-refractivity contribution in [2.24, 2.45) is 0 Å². The first-order valence-electron chi connectivity index (χ1n) is 6.29. The third kappa shape index (κ3) is 3.21. The fourth-order valence-electron chi connectivity index (χ4n) is 1.76. The molecular formula is C13H8F3N5OS. The van der Waals surface area contributed by atoms with Crippen LogP contribution in [-0.4, -0.2) is 26.1 Å². The Morgan fingerprint density at radius 2 is 2.04 bits per heavy atom. The van der Waals surface area contributed by atoms with Crippen LogP contribution in [0.2, 0.25) is 0 Å². The highest BCUT2D eigenvalue weighted by Crippen LogP contribution is 2.20. The Morgan fingerprint density at radius 1 is 1.22 bits per heavy atom. The molecule has 0 fully saturated rings. The molecule has 0 unspecified atom stereocenters. The second-order valence-electron chi connectivity index (χ2n) is 4.39. The highest BCUT2D eigenvalue weighted by atomic mass is 32.1. The summed E-state index contributed by atoms with van der Waals surface area (Å²) >= 11 is 1.41. The summed E-state index contributed by atoms with van der Waals surface area (Å²) in [5.74, 6) is -4.80. The number of hydrogen-bond donors (Lipinski definition) is 1. The molecule has 2 heterocycles. The molecule has 0 bridgehead atoms. The number of nitrogens with zero attached hydrogens (tertiary/aromatic N) is 4. The Morgan fingerprint density at radius 3 is 2.78 bits per heavy atom. The van der Waals surface area contributed by atoms with E-state index in [4.69, 9.17) is 0 Å². The molecule has 6 nitrogen and oxygen atoms in total. The van der Waals surface area contributed by atoms with E-state index in [0.29, 0.717) is 5.82 Å². The third-order valence-corrected chi connectivity index (χ3v) is 3.65. The van der Waals surface area contributed by atoms with E-state index in [1.165, 1.54) is 11.3 Å². The predicted molar refractivity (Wildman–Crippen MR) is 76.1 cm³/mol. The van der Waals surface area contributed by atoms with Crippen molar-refractivity contribution < 1.29 is 18.0 Å². The zero-order chi connectivity index (χ0) is 16.4. The van der Waals surface area contributed by atoms with Crippen LogP contribution in [0.3, 0.4) is 0 Å². The quantitative estimate of drug-likeness (QED) is 0.741. The van der Waals surface area contributed by atoms with Gasteiger partial charge in [-0.25, -0.2) is 13.2 Å². The van der Waals surface area contributed by atoms with Gasteiger partial charge in [0, 0.05) is 0 Å². The Bertz CT molecular complexity index is 849. The standard InChI is InChI=1S/C13H8F3N5OS/c14-7-3-4-8(12(16)11(7)15)17-10(22)6-21-19-13(18-20-21)9-2-1-5-23-9/h1-5H,6H2,(H,17,22). The largest absolute Gasteiger partial charge is 0.322 e. The maximum atomic E-state index is 13.5. The third-order valence-electron chi connectivity index (χ3n) is 2.79. The predicted octanol–water partition coefficient (Wildman–Crippen LogP) is 2.46. The molecule has 23 heavy (non-hydrogen) atoms. The molecule has 0 spiro atoms. The number of tetrazole rings is 1. The van der Waals surface area contributed by atoms with E-state index >= 15 is 0 Å². The van der Waals surface area contributed by atoms with Crippen molar-refractivity contribution in [3.05, 3.63) is 47.1 Å². The molecule has 118 valence electrons. The number of aromatic nitrogens is 4. The molecule has 0 radical (unpaired) electrons. The summed E-state index contributed by atoms with van der Waals surface area (Å²) in [6.07, 6.45) is 0. The summed E-state index contributed by atoms with van der Waals surface area (Å²) in [6, 6.07) is 5.26. The Hall–Kier alpha value is -2.75. The van der Waals surface area contributed by atoms with E-state index in [0.717, 1.165) is 21.8 Å². The van der Waals surface area contributed by atoms with Crippen LogP contribution in [0.15, 0.2) is 29.6 Å². The minimum absolute atomic E-state index is 0.350. The fraction of sp³-hybridized carbons (Fsp3) is 0.0769. The van der Waals surface area contributed by atoms with E-state index in [1.807, 2.05) is 11.4 Å². The van der Waals surface area contributed by atoms with Crippen molar-refractivity contribution in [2.45, 2.75) is 6.54 Å². The lowest BCUT2D eigenvalue weighted by molar-refractivity contribution is -0.117. The number of benzene rings is 1. The van der Waals surface area contributed by atoms with E-state index in [-0.39, 0.29) is 6.54 Å². The number of rotatable bonds is 4. The number of thiophene rings is 1. The normalized spacial score (nSPS) is 10.7. The molecule has 1 amide bonds. The minimum atomic E-state index is -1.65. The molecule has 2 aromatic heterocycles. The van der Waals surface area contributed by atoms with E-state index < -0.39 is 29.0 Å². The highest BCUT2D eigenvalue weighted by molar-refractivity contribution is 7.13. The summed E-state index contributed by atoms with van der Waals surface area (Å²) in [7, 11) is 0. The number of amides is 1. The second kappa shape index (κ2) is 6.16. The first-order valence-corrected chi connectivity index (χ1v) is 7.17. The zero-order valence-corrected chi connectivity index (χ0v) is 12.1. The lowest BCUT2D eigenvalue weighted by atomic mass is 10.3. The molecule has 3 rings (SSSR count). The first-order chi connectivity index (χ1) is 11.0. The van der Waals surface area contributed by atoms with Crippen LogP contribution < -0.4 is 5.32 Å². The summed E-state index contributed by atoms with van der Waals surface area (Å²) in [4.78, 5) is 13.6. The number of halogens is 3. The SMILES string of the molecule is O=C(Cn1nnc(-c2cccs2)n1)Nc1ccc(F)c(F)c1F. The van der Waals surface area contributed by atoms with E-state index in [1.54, 1.807) is 6.07 Å². The minimum Gasteiger partial charge on any atom is -0.322 e. The monoisotopic (exact) mass is 339 g/mol. The van der Waals surface area contributed by atoms with Crippen LogP contribution in [0.25, 0.3) is 10.7 Å². The van der Waals surface area contributed by atoms with Crippen LogP contribution >= 0.6 is 11.3 Å². The van der Waals surface area contributed by atoms with Gasteiger partial charge in [0.1, 0.15) is 6.54 Å². The van der Waals surface area contributed by atoms with Gasteiger partial charge in [0.25, 0.3) is 0 Å². The number of nitrogens with one attached hydrogen (secondary N) is 1. The summed E-state index contributed by atoms with van der Waals surface area (Å²) in [5.41, 5.74) is -0.465. The van der Waals surface area contributed by atoms with Crippen molar-refractivity contribution in [1.82, 2.24) is 20.2 Å². The zero-order valence-electron chi connectivity index (χ0n) is 11.3. The Labute approximate surface area is 131 Å². The highest BCUT2D eigenvalue weighted by Gasteiger charge is 2.16. The molecule has 0 aliphatic heterocycles. The van der Waals surface area contributed by atoms with Crippen molar-refractivity contribution in [3.8, 4) is 10.7 Å². The lowest BCUT2D eigenvalue weighted by Crippen LogP contribution is -2.21. The smallest absolute Gasteiger partial charge is 0.248 e. The van der Waals surface area contributed by atoms with Crippen molar-refractivity contribution in [3.63, 3.8) is 0 Å². The van der Waals surface area contributed by atoms with Crippen molar-refractivity contribution in [1.29, 1.82) is 0 Å². The van der Waals surface area contributed by atoms with Gasteiger partial charge in [-0.05, 0) is 28.8 Å². The average Bonchev–Trinajstić information content (AvgIpc) is 3.19. The van der Waals surface area contributed by atoms with Crippen molar-refractivity contribution >= 4 is 22.9 Å². The second-order valence-corrected chi connectivity index (χ2v) is 5.34. The Kier molecular flexibility index (Phi) is 4.06. The van der Waals surface area contributed by atoms with Gasteiger partial charge >= 0.3 is 0 Å². The average molecular weight is 339 g/mol. The number of carbonyl (C=O) groups is 1. The first kappa shape index (κ1) is 15.2. The van der Waals surface area contributed by atoms with Gasteiger partial charge in [-0.15, -0.1) is 21.5 Å². The van der Waals surface area contributed by atoms with Gasteiger partial charge in [0.2, 0.25) is 11.7 Å². The van der Waals surface area contributed by atoms with Crippen LogP contribution in [0.5, 0.6) is 0 Å². The van der Waals surface area contributed by atoms with Gasteiger partial charge in [-0.2, -0.15) is 4.80 Å². The van der Waals surface area contributed by atoms with Gasteiger partial charge in [0.15, 0.2) is 17.5 Å². The lowest BCUT2D eigenvalue weighted by Gasteiger charge is -2.06. The molecule has 1 aromatic carbocycles. The van der Waals surface area contributed by atoms with E-state index in [9.17, 15) is 18.0 Å². The van der Waals surface area contributed by atoms with Crippen LogP contribution in [-0.2, 0) is 11.3 Å².